The van der Waals surface area contributed by atoms with Gasteiger partial charge < -0.3 is 20.3 Å². The number of phenolic OH excluding ortho intramolecular Hbond substituents is 1. The quantitative estimate of drug-likeness (QED) is 0.669. The molecular weight excluding hydrogens is 194 g/mol. The van der Waals surface area contributed by atoms with Crippen LogP contribution < -0.4 is 10.1 Å². The Balaban J connectivity index is 2.20. The molecule has 3 N–H and O–H groups in total. The minimum Gasteiger partial charge on any atom is -0.508 e. The first-order valence-corrected chi connectivity index (χ1v) is 4.92. The first-order valence-electron chi connectivity index (χ1n) is 4.92. The van der Waals surface area contributed by atoms with Crippen LogP contribution in [0.1, 0.15) is 5.56 Å². The van der Waals surface area contributed by atoms with Crippen LogP contribution in [0.4, 0.5) is 0 Å². The van der Waals surface area contributed by atoms with E-state index in [1.165, 1.54) is 0 Å². The van der Waals surface area contributed by atoms with Gasteiger partial charge in [-0.1, -0.05) is 6.07 Å². The molecule has 0 saturated carbocycles. The van der Waals surface area contributed by atoms with Crippen LogP contribution in [0.3, 0.4) is 0 Å². The van der Waals surface area contributed by atoms with Crippen molar-refractivity contribution in [1.82, 2.24) is 5.32 Å². The average Bonchev–Trinajstić information content (AvgIpc) is 2.18. The van der Waals surface area contributed by atoms with E-state index in [0.29, 0.717) is 25.3 Å². The fourth-order valence-corrected chi connectivity index (χ4v) is 1.77. The lowest BCUT2D eigenvalue weighted by Gasteiger charge is -2.38. The molecule has 0 amide bonds. The topological polar surface area (TPSA) is 61.7 Å². The van der Waals surface area contributed by atoms with Crippen molar-refractivity contribution in [2.24, 2.45) is 0 Å². The number of aromatic hydroxyl groups is 1. The number of hydrogen-bond acceptors (Lipinski definition) is 4. The summed E-state index contributed by atoms with van der Waals surface area (Å²) in [6.45, 7) is 1.22. The third-order valence-electron chi connectivity index (χ3n) is 2.70. The first-order chi connectivity index (χ1) is 7.13. The highest BCUT2D eigenvalue weighted by Gasteiger charge is 2.34. The maximum atomic E-state index is 9.97. The smallest absolute Gasteiger partial charge is 0.125 e. The molecule has 0 unspecified atom stereocenters. The van der Waals surface area contributed by atoms with Gasteiger partial charge in [0.15, 0.2) is 0 Å². The van der Waals surface area contributed by atoms with Gasteiger partial charge in [-0.25, -0.2) is 0 Å². The average molecular weight is 209 g/mol. The van der Waals surface area contributed by atoms with Crippen LogP contribution in [0.5, 0.6) is 11.5 Å². The summed E-state index contributed by atoms with van der Waals surface area (Å²) >= 11 is 0. The van der Waals surface area contributed by atoms with Gasteiger partial charge in [-0.2, -0.15) is 0 Å². The van der Waals surface area contributed by atoms with Gasteiger partial charge in [0.05, 0.1) is 12.7 Å². The number of hydrogen-bond donors (Lipinski definition) is 3. The van der Waals surface area contributed by atoms with Crippen molar-refractivity contribution < 1.29 is 14.9 Å². The van der Waals surface area contributed by atoms with E-state index in [1.807, 2.05) is 0 Å². The van der Waals surface area contributed by atoms with E-state index in [0.717, 1.165) is 5.56 Å². The summed E-state index contributed by atoms with van der Waals surface area (Å²) in [6, 6.07) is 4.95. The summed E-state index contributed by atoms with van der Waals surface area (Å²) in [5.74, 6) is 0.796. The molecular formula is C11H15NO3. The number of methoxy groups -OCH3 is 1. The summed E-state index contributed by atoms with van der Waals surface area (Å²) in [4.78, 5) is 0. The third-order valence-corrected chi connectivity index (χ3v) is 2.70. The number of phenols is 1. The zero-order valence-electron chi connectivity index (χ0n) is 8.66. The Hall–Kier alpha value is -1.26. The van der Waals surface area contributed by atoms with Gasteiger partial charge in [-0.15, -0.1) is 0 Å². The molecule has 1 aliphatic rings. The van der Waals surface area contributed by atoms with Crippen molar-refractivity contribution >= 4 is 0 Å². The molecule has 1 saturated heterocycles. The second kappa shape index (κ2) is 3.72. The second-order valence-corrected chi connectivity index (χ2v) is 4.00. The Labute approximate surface area is 88.5 Å². The van der Waals surface area contributed by atoms with Gasteiger partial charge in [0, 0.05) is 25.6 Å². The predicted molar refractivity (Wildman–Crippen MR) is 56.2 cm³/mol. The van der Waals surface area contributed by atoms with Crippen LogP contribution in [-0.2, 0) is 6.42 Å². The molecule has 1 aliphatic heterocycles. The van der Waals surface area contributed by atoms with Crippen molar-refractivity contribution in [3.8, 4) is 11.5 Å². The largest absolute Gasteiger partial charge is 0.508 e. The maximum Gasteiger partial charge on any atom is 0.125 e. The lowest BCUT2D eigenvalue weighted by atomic mass is 9.89. The Morgan fingerprint density at radius 3 is 2.73 bits per heavy atom. The molecule has 0 bridgehead atoms. The fraction of sp³-hybridized carbons (Fsp3) is 0.455. The van der Waals surface area contributed by atoms with Crippen LogP contribution in [0, 0.1) is 0 Å². The molecule has 0 atom stereocenters. The summed E-state index contributed by atoms with van der Waals surface area (Å²) in [6.07, 6.45) is 0.545. The molecule has 0 aliphatic carbocycles. The molecule has 1 aromatic rings. The van der Waals surface area contributed by atoms with E-state index < -0.39 is 5.60 Å². The van der Waals surface area contributed by atoms with Crippen LogP contribution in [0.15, 0.2) is 18.2 Å². The Kier molecular flexibility index (Phi) is 2.54. The zero-order valence-corrected chi connectivity index (χ0v) is 8.66. The SMILES string of the molecule is COc1cc(O)ccc1CC1(O)CNC1. The van der Waals surface area contributed by atoms with E-state index in [-0.39, 0.29) is 5.75 Å². The lowest BCUT2D eigenvalue weighted by Crippen LogP contribution is -2.60. The number of benzene rings is 1. The van der Waals surface area contributed by atoms with Gasteiger partial charge in [-0.05, 0) is 11.6 Å². The van der Waals surface area contributed by atoms with E-state index in [9.17, 15) is 10.2 Å². The van der Waals surface area contributed by atoms with E-state index >= 15 is 0 Å². The van der Waals surface area contributed by atoms with E-state index in [2.05, 4.69) is 5.32 Å². The number of ether oxygens (including phenoxy) is 1. The van der Waals surface area contributed by atoms with Gasteiger partial charge >= 0.3 is 0 Å². The maximum absolute atomic E-state index is 9.97. The standard InChI is InChI=1S/C11H15NO3/c1-15-10-4-9(13)3-2-8(10)5-11(14)6-12-7-11/h2-4,12-14H,5-7H2,1H3. The highest BCUT2D eigenvalue weighted by molar-refractivity contribution is 5.41. The first kappa shape index (κ1) is 10.3. The van der Waals surface area contributed by atoms with Crippen LogP contribution in [0.25, 0.3) is 0 Å². The van der Waals surface area contributed by atoms with Crippen molar-refractivity contribution in [1.29, 1.82) is 0 Å². The van der Waals surface area contributed by atoms with Crippen molar-refractivity contribution in [2.75, 3.05) is 20.2 Å². The predicted octanol–water partition coefficient (Wildman–Crippen LogP) is 0.278. The third kappa shape index (κ3) is 2.06. The summed E-state index contributed by atoms with van der Waals surface area (Å²) in [7, 11) is 1.56. The molecule has 0 aromatic heterocycles. The highest BCUT2D eigenvalue weighted by atomic mass is 16.5. The van der Waals surface area contributed by atoms with Crippen molar-refractivity contribution in [3.05, 3.63) is 23.8 Å². The van der Waals surface area contributed by atoms with Crippen LogP contribution >= 0.6 is 0 Å². The molecule has 0 spiro atoms. The lowest BCUT2D eigenvalue weighted by molar-refractivity contribution is -0.00944. The number of rotatable bonds is 3. The molecule has 15 heavy (non-hydrogen) atoms. The monoisotopic (exact) mass is 209 g/mol. The molecule has 4 heteroatoms. The van der Waals surface area contributed by atoms with Crippen LogP contribution in [-0.4, -0.2) is 36.0 Å². The summed E-state index contributed by atoms with van der Waals surface area (Å²) in [5.41, 5.74) is 0.254. The van der Waals surface area contributed by atoms with Crippen molar-refractivity contribution in [2.45, 2.75) is 12.0 Å². The summed E-state index contributed by atoms with van der Waals surface area (Å²) < 4.78 is 5.15. The minimum atomic E-state index is -0.662. The van der Waals surface area contributed by atoms with Gasteiger partial charge in [0.25, 0.3) is 0 Å². The Morgan fingerprint density at radius 1 is 1.47 bits per heavy atom. The number of β-amino-alcohol motifs (C(OH)–C–C–N with tert-alkyl or cyclic N) is 1. The zero-order chi connectivity index (χ0) is 10.9. The minimum absolute atomic E-state index is 0.175. The molecule has 1 fully saturated rings. The Bertz CT molecular complexity index is 361. The molecule has 0 radical (unpaired) electrons. The molecule has 2 rings (SSSR count). The molecule has 1 heterocycles. The van der Waals surface area contributed by atoms with Crippen LogP contribution in [0.2, 0.25) is 0 Å². The van der Waals surface area contributed by atoms with Gasteiger partial charge in [0.1, 0.15) is 11.5 Å². The number of aliphatic hydroxyl groups is 1. The molecule has 1 aromatic carbocycles. The normalized spacial score (nSPS) is 18.3. The highest BCUT2D eigenvalue weighted by Crippen LogP contribution is 2.28. The summed E-state index contributed by atoms with van der Waals surface area (Å²) in [5, 5.41) is 22.3. The molecule has 82 valence electrons. The molecule has 4 nitrogen and oxygen atoms in total. The fourth-order valence-electron chi connectivity index (χ4n) is 1.77. The van der Waals surface area contributed by atoms with Gasteiger partial charge in [0.2, 0.25) is 0 Å². The Morgan fingerprint density at radius 2 is 2.20 bits per heavy atom. The van der Waals surface area contributed by atoms with Gasteiger partial charge in [-0.3, -0.25) is 0 Å². The van der Waals surface area contributed by atoms with E-state index in [4.69, 9.17) is 4.74 Å². The van der Waals surface area contributed by atoms with E-state index in [1.54, 1.807) is 25.3 Å². The number of nitrogens with one attached hydrogen (secondary N) is 1. The second-order valence-electron chi connectivity index (χ2n) is 4.00. The van der Waals surface area contributed by atoms with Crippen molar-refractivity contribution in [3.63, 3.8) is 0 Å².